The third kappa shape index (κ3) is 1.82. The molecule has 0 aromatic heterocycles. The second-order valence-electron chi connectivity index (χ2n) is 5.54. The summed E-state index contributed by atoms with van der Waals surface area (Å²) >= 11 is 0. The van der Waals surface area contributed by atoms with E-state index in [1.807, 2.05) is 6.92 Å². The Morgan fingerprint density at radius 2 is 2.00 bits per heavy atom. The molecule has 2 rings (SSSR count). The molecule has 1 fully saturated rings. The number of nitrogens with zero attached hydrogens (tertiary/aromatic N) is 1. The molecule has 4 heteroatoms. The summed E-state index contributed by atoms with van der Waals surface area (Å²) in [6.07, 6.45) is 1.98. The van der Waals surface area contributed by atoms with E-state index in [4.69, 9.17) is 5.73 Å². The van der Waals surface area contributed by atoms with Crippen molar-refractivity contribution < 1.29 is 4.92 Å². The highest BCUT2D eigenvalue weighted by molar-refractivity contribution is 5.45. The molecule has 92 valence electrons. The summed E-state index contributed by atoms with van der Waals surface area (Å²) in [5.74, 6) is 0. The Balaban J connectivity index is 2.51. The van der Waals surface area contributed by atoms with Gasteiger partial charge in [0.2, 0.25) is 0 Å². The van der Waals surface area contributed by atoms with Crippen LogP contribution < -0.4 is 5.73 Å². The zero-order chi connectivity index (χ0) is 12.8. The first-order chi connectivity index (χ1) is 7.78. The number of non-ortho nitro benzene ring substituents is 1. The van der Waals surface area contributed by atoms with Crippen molar-refractivity contribution in [3.8, 4) is 0 Å². The molecule has 0 heterocycles. The lowest BCUT2D eigenvalue weighted by atomic mass is 9.74. The van der Waals surface area contributed by atoms with Crippen LogP contribution in [-0.4, -0.2) is 10.5 Å². The zero-order valence-corrected chi connectivity index (χ0v) is 10.5. The molecule has 0 radical (unpaired) electrons. The molecule has 0 unspecified atom stereocenters. The van der Waals surface area contributed by atoms with Crippen molar-refractivity contribution in [1.82, 2.24) is 0 Å². The Kier molecular flexibility index (Phi) is 2.51. The Labute approximate surface area is 101 Å². The summed E-state index contributed by atoms with van der Waals surface area (Å²) in [5, 5.41) is 10.8. The van der Waals surface area contributed by atoms with Gasteiger partial charge in [-0.3, -0.25) is 10.1 Å². The molecule has 0 amide bonds. The van der Waals surface area contributed by atoms with Gasteiger partial charge in [0.15, 0.2) is 0 Å². The third-order valence-corrected chi connectivity index (χ3v) is 4.14. The summed E-state index contributed by atoms with van der Waals surface area (Å²) in [5.41, 5.74) is 8.06. The van der Waals surface area contributed by atoms with Crippen LogP contribution in [0.5, 0.6) is 0 Å². The molecule has 2 N–H and O–H groups in total. The summed E-state index contributed by atoms with van der Waals surface area (Å²) in [7, 11) is 0. The van der Waals surface area contributed by atoms with Crippen molar-refractivity contribution in [2.24, 2.45) is 5.73 Å². The van der Waals surface area contributed by atoms with Crippen LogP contribution in [0.3, 0.4) is 0 Å². The van der Waals surface area contributed by atoms with Gasteiger partial charge in [-0.2, -0.15) is 0 Å². The number of nitro groups is 1. The lowest BCUT2D eigenvalue weighted by Crippen LogP contribution is -2.43. The van der Waals surface area contributed by atoms with E-state index in [9.17, 15) is 10.1 Å². The topological polar surface area (TPSA) is 69.2 Å². The average Bonchev–Trinajstić information content (AvgIpc) is 2.98. The van der Waals surface area contributed by atoms with Crippen molar-refractivity contribution in [3.05, 3.63) is 39.4 Å². The molecule has 4 nitrogen and oxygen atoms in total. The highest BCUT2D eigenvalue weighted by Gasteiger charge is 2.52. The van der Waals surface area contributed by atoms with Gasteiger partial charge in [-0.25, -0.2) is 0 Å². The van der Waals surface area contributed by atoms with Gasteiger partial charge in [0, 0.05) is 23.1 Å². The maximum Gasteiger partial charge on any atom is 0.269 e. The Hall–Kier alpha value is -1.42. The molecule has 1 aliphatic rings. The second kappa shape index (κ2) is 3.53. The highest BCUT2D eigenvalue weighted by Crippen LogP contribution is 2.50. The van der Waals surface area contributed by atoms with E-state index < -0.39 is 0 Å². The molecule has 0 saturated heterocycles. The second-order valence-corrected chi connectivity index (χ2v) is 5.54. The first kappa shape index (κ1) is 12.0. The van der Waals surface area contributed by atoms with Crippen LogP contribution in [0.25, 0.3) is 0 Å². The Bertz CT molecular complexity index is 476. The maximum atomic E-state index is 10.8. The average molecular weight is 234 g/mol. The van der Waals surface area contributed by atoms with Crippen LogP contribution in [0.2, 0.25) is 0 Å². The highest BCUT2D eigenvalue weighted by atomic mass is 16.6. The van der Waals surface area contributed by atoms with Crippen molar-refractivity contribution in [1.29, 1.82) is 0 Å². The van der Waals surface area contributed by atoms with Crippen molar-refractivity contribution in [2.45, 2.75) is 44.6 Å². The summed E-state index contributed by atoms with van der Waals surface area (Å²) in [6.45, 7) is 6.13. The summed E-state index contributed by atoms with van der Waals surface area (Å²) in [6, 6.07) is 5.02. The molecule has 0 aliphatic heterocycles. The van der Waals surface area contributed by atoms with E-state index in [0.29, 0.717) is 0 Å². The van der Waals surface area contributed by atoms with E-state index in [0.717, 1.165) is 24.0 Å². The van der Waals surface area contributed by atoms with Gasteiger partial charge in [0.1, 0.15) is 0 Å². The standard InChI is InChI=1S/C13H18N2O2/c1-9-4-5-10(15(16)17)8-11(9)12(2,3)13(14)6-7-13/h4-5,8H,6-7,14H2,1-3H3. The molecule has 1 aromatic rings. The molecule has 0 bridgehead atoms. The number of hydrogen-bond donors (Lipinski definition) is 1. The van der Waals surface area contributed by atoms with Crippen LogP contribution in [0, 0.1) is 17.0 Å². The fraction of sp³-hybridized carbons (Fsp3) is 0.538. The van der Waals surface area contributed by atoms with Gasteiger partial charge in [0.05, 0.1) is 4.92 Å². The number of hydrogen-bond acceptors (Lipinski definition) is 3. The minimum atomic E-state index is -0.352. The van der Waals surface area contributed by atoms with Crippen LogP contribution >= 0.6 is 0 Å². The quantitative estimate of drug-likeness (QED) is 0.645. The largest absolute Gasteiger partial charge is 0.324 e. The predicted octanol–water partition coefficient (Wildman–Crippen LogP) is 2.67. The van der Waals surface area contributed by atoms with Gasteiger partial charge in [-0.15, -0.1) is 0 Å². The molecular weight excluding hydrogens is 216 g/mol. The summed E-state index contributed by atoms with van der Waals surface area (Å²) in [4.78, 5) is 10.5. The minimum absolute atomic E-state index is 0.142. The zero-order valence-electron chi connectivity index (χ0n) is 10.5. The van der Waals surface area contributed by atoms with E-state index in [2.05, 4.69) is 13.8 Å². The van der Waals surface area contributed by atoms with Gasteiger partial charge in [-0.05, 0) is 30.9 Å². The van der Waals surface area contributed by atoms with Crippen molar-refractivity contribution in [2.75, 3.05) is 0 Å². The van der Waals surface area contributed by atoms with Crippen LogP contribution in [0.15, 0.2) is 18.2 Å². The van der Waals surface area contributed by atoms with Crippen LogP contribution in [0.1, 0.15) is 37.8 Å². The van der Waals surface area contributed by atoms with Crippen molar-refractivity contribution >= 4 is 5.69 Å². The third-order valence-electron chi connectivity index (χ3n) is 4.14. The normalized spacial score (nSPS) is 17.9. The van der Waals surface area contributed by atoms with E-state index in [1.54, 1.807) is 18.2 Å². The molecule has 0 spiro atoms. The number of nitro benzene ring substituents is 1. The molecule has 1 aromatic carbocycles. The van der Waals surface area contributed by atoms with E-state index in [1.165, 1.54) is 0 Å². The first-order valence-corrected chi connectivity index (χ1v) is 5.82. The summed E-state index contributed by atoms with van der Waals surface area (Å²) < 4.78 is 0. The van der Waals surface area contributed by atoms with Gasteiger partial charge < -0.3 is 5.73 Å². The van der Waals surface area contributed by atoms with Crippen LogP contribution in [0.4, 0.5) is 5.69 Å². The molecule has 0 atom stereocenters. The SMILES string of the molecule is Cc1ccc([N+](=O)[O-])cc1C(C)(C)C1(N)CC1. The molecule has 1 aliphatic carbocycles. The van der Waals surface area contributed by atoms with E-state index >= 15 is 0 Å². The predicted molar refractivity (Wildman–Crippen MR) is 67.0 cm³/mol. The lowest BCUT2D eigenvalue weighted by Gasteiger charge is -2.33. The molecular formula is C13H18N2O2. The monoisotopic (exact) mass is 234 g/mol. The lowest BCUT2D eigenvalue weighted by molar-refractivity contribution is -0.385. The fourth-order valence-electron chi connectivity index (χ4n) is 2.42. The molecule has 17 heavy (non-hydrogen) atoms. The number of benzene rings is 1. The smallest absolute Gasteiger partial charge is 0.269 e. The Morgan fingerprint density at radius 3 is 2.47 bits per heavy atom. The molecule has 1 saturated carbocycles. The fourth-order valence-corrected chi connectivity index (χ4v) is 2.42. The van der Waals surface area contributed by atoms with Gasteiger partial charge >= 0.3 is 0 Å². The van der Waals surface area contributed by atoms with Crippen molar-refractivity contribution in [3.63, 3.8) is 0 Å². The number of rotatable bonds is 3. The van der Waals surface area contributed by atoms with Gasteiger partial charge in [-0.1, -0.05) is 19.9 Å². The first-order valence-electron chi connectivity index (χ1n) is 5.82. The number of nitrogens with two attached hydrogens (primary N) is 1. The number of aryl methyl sites for hydroxylation is 1. The minimum Gasteiger partial charge on any atom is -0.324 e. The Morgan fingerprint density at radius 1 is 1.41 bits per heavy atom. The van der Waals surface area contributed by atoms with E-state index in [-0.39, 0.29) is 21.6 Å². The maximum absolute atomic E-state index is 10.8. The van der Waals surface area contributed by atoms with Crippen LogP contribution in [-0.2, 0) is 5.41 Å². The van der Waals surface area contributed by atoms with Gasteiger partial charge in [0.25, 0.3) is 5.69 Å².